The highest BCUT2D eigenvalue weighted by molar-refractivity contribution is 9.10. The fourth-order valence-corrected chi connectivity index (χ4v) is 4.78. The molecule has 1 unspecified atom stereocenters. The van der Waals surface area contributed by atoms with E-state index in [1.165, 1.54) is 10.4 Å². The molecular weight excluding hydrogens is 420 g/mol. The summed E-state index contributed by atoms with van der Waals surface area (Å²) in [6, 6.07) is 18.3. The van der Waals surface area contributed by atoms with Crippen LogP contribution in [0.2, 0.25) is 0 Å². The van der Waals surface area contributed by atoms with Gasteiger partial charge in [-0.15, -0.1) is 11.3 Å². The number of rotatable bonds is 3. The predicted octanol–water partition coefficient (Wildman–Crippen LogP) is 5.36. The van der Waals surface area contributed by atoms with Crippen molar-refractivity contribution >= 4 is 38.9 Å². The van der Waals surface area contributed by atoms with Gasteiger partial charge in [-0.05, 0) is 65.4 Å². The largest absolute Gasteiger partial charge is 0.378 e. The summed E-state index contributed by atoms with van der Waals surface area (Å²) in [6.45, 7) is 0.739. The Hall–Kier alpha value is -2.11. The van der Waals surface area contributed by atoms with Crippen molar-refractivity contribution in [1.29, 1.82) is 0 Å². The molecule has 1 amide bonds. The van der Waals surface area contributed by atoms with E-state index in [9.17, 15) is 4.79 Å². The molecule has 0 fully saturated rings. The maximum atomic E-state index is 13.3. The molecule has 2 aromatic carbocycles. The minimum atomic E-state index is -0.0349. The molecule has 1 aliphatic rings. The van der Waals surface area contributed by atoms with Crippen LogP contribution in [0.15, 0.2) is 64.5 Å². The summed E-state index contributed by atoms with van der Waals surface area (Å²) in [7, 11) is 4.08. The summed E-state index contributed by atoms with van der Waals surface area (Å²) >= 11 is 5.24. The standard InChI is InChI=1S/C22H21BrN2OS/c1-24(2)18-9-5-15(6-10-18)21-19-12-14-27-20(19)11-13-25(21)22(26)16-3-7-17(23)8-4-16/h3-10,12,14,21H,11,13H2,1-2H3. The molecule has 0 bridgehead atoms. The smallest absolute Gasteiger partial charge is 0.254 e. The van der Waals surface area contributed by atoms with Gasteiger partial charge in [0.15, 0.2) is 0 Å². The molecule has 5 heteroatoms. The van der Waals surface area contributed by atoms with E-state index >= 15 is 0 Å². The number of anilines is 1. The van der Waals surface area contributed by atoms with Gasteiger partial charge in [-0.3, -0.25) is 4.79 Å². The molecule has 0 radical (unpaired) electrons. The Morgan fingerprint density at radius 2 is 1.78 bits per heavy atom. The van der Waals surface area contributed by atoms with Crippen LogP contribution in [0.25, 0.3) is 0 Å². The Kier molecular flexibility index (Phi) is 5.06. The van der Waals surface area contributed by atoms with Crippen LogP contribution in [-0.2, 0) is 6.42 Å². The van der Waals surface area contributed by atoms with Crippen LogP contribution in [0.5, 0.6) is 0 Å². The number of amides is 1. The number of carbonyl (C=O) groups is 1. The van der Waals surface area contributed by atoms with Crippen molar-refractivity contribution in [1.82, 2.24) is 4.90 Å². The Morgan fingerprint density at radius 3 is 2.44 bits per heavy atom. The predicted molar refractivity (Wildman–Crippen MR) is 116 cm³/mol. The Balaban J connectivity index is 1.74. The van der Waals surface area contributed by atoms with E-state index in [1.807, 2.05) is 43.3 Å². The summed E-state index contributed by atoms with van der Waals surface area (Å²) in [6.07, 6.45) is 0.918. The van der Waals surface area contributed by atoms with Gasteiger partial charge in [-0.1, -0.05) is 28.1 Å². The van der Waals surface area contributed by atoms with Crippen LogP contribution in [0.1, 0.15) is 32.4 Å². The lowest BCUT2D eigenvalue weighted by atomic mass is 9.92. The monoisotopic (exact) mass is 440 g/mol. The highest BCUT2D eigenvalue weighted by atomic mass is 79.9. The molecule has 0 saturated carbocycles. The van der Waals surface area contributed by atoms with Crippen molar-refractivity contribution < 1.29 is 4.79 Å². The van der Waals surface area contributed by atoms with Crippen LogP contribution in [-0.4, -0.2) is 31.4 Å². The van der Waals surface area contributed by atoms with Crippen molar-refractivity contribution in [3.63, 3.8) is 0 Å². The van der Waals surface area contributed by atoms with Gasteiger partial charge in [0.2, 0.25) is 0 Å². The quantitative estimate of drug-likeness (QED) is 0.546. The average molecular weight is 441 g/mol. The summed E-state index contributed by atoms with van der Waals surface area (Å²) in [4.78, 5) is 18.8. The molecule has 0 N–H and O–H groups in total. The van der Waals surface area contributed by atoms with E-state index in [-0.39, 0.29) is 11.9 Å². The van der Waals surface area contributed by atoms with Crippen molar-refractivity contribution in [3.8, 4) is 0 Å². The zero-order valence-electron chi connectivity index (χ0n) is 15.4. The summed E-state index contributed by atoms with van der Waals surface area (Å²) < 4.78 is 0.980. The first-order chi connectivity index (χ1) is 13.0. The first kappa shape index (κ1) is 18.3. The maximum absolute atomic E-state index is 13.3. The van der Waals surface area contributed by atoms with E-state index in [4.69, 9.17) is 0 Å². The van der Waals surface area contributed by atoms with E-state index in [2.05, 4.69) is 56.5 Å². The maximum Gasteiger partial charge on any atom is 0.254 e. The lowest BCUT2D eigenvalue weighted by Gasteiger charge is -2.36. The highest BCUT2D eigenvalue weighted by Gasteiger charge is 2.33. The molecule has 138 valence electrons. The third-order valence-electron chi connectivity index (χ3n) is 5.04. The van der Waals surface area contributed by atoms with Crippen molar-refractivity contribution in [2.24, 2.45) is 0 Å². The molecule has 0 saturated heterocycles. The molecule has 0 aliphatic carbocycles. The third-order valence-corrected chi connectivity index (χ3v) is 6.57. The molecule has 0 spiro atoms. The number of nitrogens with zero attached hydrogens (tertiary/aromatic N) is 2. The van der Waals surface area contributed by atoms with Gasteiger partial charge in [0, 0.05) is 41.2 Å². The van der Waals surface area contributed by atoms with Crippen molar-refractivity contribution in [2.75, 3.05) is 25.5 Å². The van der Waals surface area contributed by atoms with Gasteiger partial charge in [-0.25, -0.2) is 0 Å². The minimum absolute atomic E-state index is 0.0349. The first-order valence-electron chi connectivity index (χ1n) is 8.94. The zero-order chi connectivity index (χ0) is 19.0. The molecule has 1 aromatic heterocycles. The molecule has 2 heterocycles. The first-order valence-corrected chi connectivity index (χ1v) is 10.6. The second kappa shape index (κ2) is 7.49. The second-order valence-electron chi connectivity index (χ2n) is 6.94. The Morgan fingerprint density at radius 1 is 1.07 bits per heavy atom. The number of thiophene rings is 1. The van der Waals surface area contributed by atoms with Gasteiger partial charge in [-0.2, -0.15) is 0 Å². The molecule has 3 aromatic rings. The minimum Gasteiger partial charge on any atom is -0.378 e. The summed E-state index contributed by atoms with van der Waals surface area (Å²) in [5, 5.41) is 2.14. The second-order valence-corrected chi connectivity index (χ2v) is 8.86. The normalized spacial score (nSPS) is 16.1. The molecule has 1 aliphatic heterocycles. The third kappa shape index (κ3) is 3.54. The topological polar surface area (TPSA) is 23.6 Å². The van der Waals surface area contributed by atoms with Crippen LogP contribution in [0, 0.1) is 0 Å². The van der Waals surface area contributed by atoms with E-state index in [1.54, 1.807) is 11.3 Å². The van der Waals surface area contributed by atoms with Crippen molar-refractivity contribution in [2.45, 2.75) is 12.5 Å². The van der Waals surface area contributed by atoms with E-state index in [0.717, 1.165) is 34.3 Å². The molecule has 1 atom stereocenters. The number of benzene rings is 2. The zero-order valence-corrected chi connectivity index (χ0v) is 17.8. The summed E-state index contributed by atoms with van der Waals surface area (Å²) in [5.74, 6) is 0.0843. The fraction of sp³-hybridized carbons (Fsp3) is 0.227. The fourth-order valence-electron chi connectivity index (χ4n) is 3.61. The number of carbonyl (C=O) groups excluding carboxylic acids is 1. The number of hydrogen-bond acceptors (Lipinski definition) is 3. The summed E-state index contributed by atoms with van der Waals surface area (Å²) in [5.41, 5.74) is 4.30. The Labute approximate surface area is 172 Å². The lowest BCUT2D eigenvalue weighted by molar-refractivity contribution is 0.0696. The molecule has 27 heavy (non-hydrogen) atoms. The van der Waals surface area contributed by atoms with Crippen LogP contribution in [0.4, 0.5) is 5.69 Å². The van der Waals surface area contributed by atoms with Crippen LogP contribution >= 0.6 is 27.3 Å². The number of halogens is 1. The van der Waals surface area contributed by atoms with Gasteiger partial charge >= 0.3 is 0 Å². The highest BCUT2D eigenvalue weighted by Crippen LogP contribution is 2.39. The number of hydrogen-bond donors (Lipinski definition) is 0. The van der Waals surface area contributed by atoms with Crippen LogP contribution < -0.4 is 4.90 Å². The van der Waals surface area contributed by atoms with E-state index in [0.29, 0.717) is 0 Å². The van der Waals surface area contributed by atoms with Gasteiger partial charge in [0.1, 0.15) is 0 Å². The van der Waals surface area contributed by atoms with Gasteiger partial charge < -0.3 is 9.80 Å². The van der Waals surface area contributed by atoms with Gasteiger partial charge in [0.25, 0.3) is 5.91 Å². The van der Waals surface area contributed by atoms with Crippen LogP contribution in [0.3, 0.4) is 0 Å². The lowest BCUT2D eigenvalue weighted by Crippen LogP contribution is -2.40. The average Bonchev–Trinajstić information content (AvgIpc) is 3.16. The van der Waals surface area contributed by atoms with Gasteiger partial charge in [0.05, 0.1) is 6.04 Å². The number of fused-ring (bicyclic) bond motifs is 1. The SMILES string of the molecule is CN(C)c1ccc(C2c3ccsc3CCN2C(=O)c2ccc(Br)cc2)cc1. The Bertz CT molecular complexity index is 947. The van der Waals surface area contributed by atoms with Crippen molar-refractivity contribution in [3.05, 3.63) is 86.0 Å². The molecular formula is C22H21BrN2OS. The molecule has 3 nitrogen and oxygen atoms in total. The molecule has 4 rings (SSSR count). The van der Waals surface area contributed by atoms with E-state index < -0.39 is 0 Å².